The van der Waals surface area contributed by atoms with Gasteiger partial charge in [0.1, 0.15) is 18.2 Å². The van der Waals surface area contributed by atoms with Gasteiger partial charge in [-0.3, -0.25) is 9.59 Å². The molecule has 1 saturated heterocycles. The van der Waals surface area contributed by atoms with E-state index in [4.69, 9.17) is 16.3 Å². The second-order valence-electron chi connectivity index (χ2n) is 6.57. The Hall–Kier alpha value is -2.61. The van der Waals surface area contributed by atoms with Crippen LogP contribution < -0.4 is 9.64 Å². The number of hydrogen-bond acceptors (Lipinski definition) is 4. The molecule has 1 fully saturated rings. The molecule has 0 radical (unpaired) electrons. The molecule has 0 bridgehead atoms. The summed E-state index contributed by atoms with van der Waals surface area (Å²) >= 11 is 10.4. The average Bonchev–Trinajstić information content (AvgIpc) is 3.02. The quantitative estimate of drug-likeness (QED) is 0.339. The molecule has 1 aliphatic rings. The number of anilines is 1. The molecule has 0 aromatic heterocycles. The SMILES string of the molecule is O=C1S/C(=C\c2cc(Br)ccc2OCc2ccc(F)cc2)C(=O)N1c1ccccc1Cl. The van der Waals surface area contributed by atoms with Crippen molar-refractivity contribution in [2.24, 2.45) is 0 Å². The van der Waals surface area contributed by atoms with Crippen molar-refractivity contribution in [2.75, 3.05) is 4.90 Å². The van der Waals surface area contributed by atoms with Crippen LogP contribution in [0, 0.1) is 5.82 Å². The number of halogens is 3. The normalized spacial score (nSPS) is 15.1. The van der Waals surface area contributed by atoms with Crippen LogP contribution in [-0.4, -0.2) is 11.1 Å². The highest BCUT2D eigenvalue weighted by atomic mass is 79.9. The zero-order chi connectivity index (χ0) is 22.0. The number of carbonyl (C=O) groups is 2. The summed E-state index contributed by atoms with van der Waals surface area (Å²) in [4.78, 5) is 26.8. The lowest BCUT2D eigenvalue weighted by molar-refractivity contribution is -0.113. The van der Waals surface area contributed by atoms with E-state index in [2.05, 4.69) is 15.9 Å². The molecule has 0 unspecified atom stereocenters. The smallest absolute Gasteiger partial charge is 0.298 e. The Labute approximate surface area is 195 Å². The molecule has 8 heteroatoms. The lowest BCUT2D eigenvalue weighted by atomic mass is 10.1. The van der Waals surface area contributed by atoms with Crippen LogP contribution in [0.2, 0.25) is 5.02 Å². The largest absolute Gasteiger partial charge is 0.488 e. The highest BCUT2D eigenvalue weighted by Gasteiger charge is 2.37. The first-order chi connectivity index (χ1) is 14.9. The summed E-state index contributed by atoms with van der Waals surface area (Å²) in [6.45, 7) is 0.226. The van der Waals surface area contributed by atoms with Gasteiger partial charge in [-0.05, 0) is 65.9 Å². The molecule has 31 heavy (non-hydrogen) atoms. The maximum Gasteiger partial charge on any atom is 0.298 e. The second kappa shape index (κ2) is 9.26. The van der Waals surface area contributed by atoms with Crippen LogP contribution in [0.3, 0.4) is 0 Å². The van der Waals surface area contributed by atoms with Gasteiger partial charge in [-0.15, -0.1) is 0 Å². The Morgan fingerprint density at radius 1 is 1.06 bits per heavy atom. The third-order valence-corrected chi connectivity index (χ3v) is 6.14. The Balaban J connectivity index is 1.61. The van der Waals surface area contributed by atoms with E-state index in [9.17, 15) is 14.0 Å². The van der Waals surface area contributed by atoms with E-state index in [1.807, 2.05) is 6.07 Å². The fourth-order valence-corrected chi connectivity index (χ4v) is 4.38. The summed E-state index contributed by atoms with van der Waals surface area (Å²) in [5, 5.41) is -0.107. The van der Waals surface area contributed by atoms with Crippen LogP contribution in [0.4, 0.5) is 14.9 Å². The summed E-state index contributed by atoms with van der Waals surface area (Å²) in [6.07, 6.45) is 1.62. The summed E-state index contributed by atoms with van der Waals surface area (Å²) in [5.74, 6) is -0.244. The molecule has 2 amide bonds. The first kappa shape index (κ1) is 21.6. The molecule has 1 aliphatic heterocycles. The van der Waals surface area contributed by atoms with E-state index >= 15 is 0 Å². The van der Waals surface area contributed by atoms with E-state index in [0.29, 0.717) is 22.0 Å². The predicted octanol–water partition coefficient (Wildman–Crippen LogP) is 7.06. The lowest BCUT2D eigenvalue weighted by Gasteiger charge is -2.14. The van der Waals surface area contributed by atoms with Crippen LogP contribution in [0.1, 0.15) is 11.1 Å². The van der Waals surface area contributed by atoms with Crippen molar-refractivity contribution in [3.63, 3.8) is 0 Å². The van der Waals surface area contributed by atoms with E-state index in [1.54, 1.807) is 54.6 Å². The number of para-hydroxylation sites is 1. The highest BCUT2D eigenvalue weighted by molar-refractivity contribution is 9.10. The molecule has 156 valence electrons. The topological polar surface area (TPSA) is 46.6 Å². The molecule has 0 spiro atoms. The first-order valence-corrected chi connectivity index (χ1v) is 11.1. The van der Waals surface area contributed by atoms with Crippen molar-refractivity contribution in [1.29, 1.82) is 0 Å². The molecular formula is C23H14BrClFNO3S. The van der Waals surface area contributed by atoms with Crippen molar-refractivity contribution < 1.29 is 18.7 Å². The number of nitrogens with zero attached hydrogens (tertiary/aromatic N) is 1. The number of amides is 2. The minimum Gasteiger partial charge on any atom is -0.488 e. The van der Waals surface area contributed by atoms with Crippen molar-refractivity contribution in [1.82, 2.24) is 0 Å². The van der Waals surface area contributed by atoms with Crippen molar-refractivity contribution in [2.45, 2.75) is 6.61 Å². The minimum atomic E-state index is -0.451. The molecular weight excluding hydrogens is 505 g/mol. The highest BCUT2D eigenvalue weighted by Crippen LogP contribution is 2.39. The molecule has 3 aromatic carbocycles. The zero-order valence-electron chi connectivity index (χ0n) is 15.8. The van der Waals surface area contributed by atoms with Gasteiger partial charge < -0.3 is 4.74 Å². The number of carbonyl (C=O) groups excluding carboxylic acids is 2. The summed E-state index contributed by atoms with van der Waals surface area (Å²) < 4.78 is 19.8. The maximum absolute atomic E-state index is 13.1. The lowest BCUT2D eigenvalue weighted by Crippen LogP contribution is -2.27. The van der Waals surface area contributed by atoms with E-state index in [-0.39, 0.29) is 17.3 Å². The molecule has 3 aromatic rings. The van der Waals surface area contributed by atoms with E-state index in [1.165, 1.54) is 12.1 Å². The average molecular weight is 519 g/mol. The monoisotopic (exact) mass is 517 g/mol. The number of rotatable bonds is 5. The molecule has 1 heterocycles. The second-order valence-corrected chi connectivity index (χ2v) is 8.88. The summed E-state index contributed by atoms with van der Waals surface area (Å²) in [5.41, 5.74) is 1.77. The third-order valence-electron chi connectivity index (χ3n) is 4.45. The molecule has 0 N–H and O–H groups in total. The summed E-state index contributed by atoms with van der Waals surface area (Å²) in [6, 6.07) is 18.1. The fourth-order valence-electron chi connectivity index (χ4n) is 2.95. The first-order valence-electron chi connectivity index (χ1n) is 9.11. The van der Waals surface area contributed by atoms with Crippen molar-refractivity contribution >= 4 is 62.2 Å². The van der Waals surface area contributed by atoms with Crippen molar-refractivity contribution in [3.05, 3.63) is 98.1 Å². The van der Waals surface area contributed by atoms with Gasteiger partial charge in [-0.1, -0.05) is 51.8 Å². The number of benzene rings is 3. The van der Waals surface area contributed by atoms with Crippen LogP contribution in [0.5, 0.6) is 5.75 Å². The Morgan fingerprint density at radius 2 is 1.81 bits per heavy atom. The van der Waals surface area contributed by atoms with E-state index < -0.39 is 11.1 Å². The van der Waals surface area contributed by atoms with Gasteiger partial charge in [0, 0.05) is 10.0 Å². The number of ether oxygens (including phenoxy) is 1. The molecule has 0 aliphatic carbocycles. The minimum absolute atomic E-state index is 0.226. The third kappa shape index (κ3) is 4.84. The van der Waals surface area contributed by atoms with Gasteiger partial charge in [0.25, 0.3) is 11.1 Å². The van der Waals surface area contributed by atoms with Gasteiger partial charge in [-0.2, -0.15) is 0 Å². The standard InChI is InChI=1S/C23H14BrClFNO3S/c24-16-7-10-20(30-13-14-5-8-17(26)9-6-14)15(11-16)12-21-22(28)27(23(29)31-21)19-4-2-1-3-18(19)25/h1-12H,13H2/b21-12-. The van der Waals surface area contributed by atoms with Crippen molar-refractivity contribution in [3.8, 4) is 5.75 Å². The maximum atomic E-state index is 13.1. The van der Waals surface area contributed by atoms with Crippen LogP contribution in [-0.2, 0) is 11.4 Å². The molecule has 4 rings (SSSR count). The van der Waals surface area contributed by atoms with Gasteiger partial charge >= 0.3 is 0 Å². The molecule has 4 nitrogen and oxygen atoms in total. The van der Waals surface area contributed by atoms with Gasteiger partial charge in [0.05, 0.1) is 15.6 Å². The molecule has 0 saturated carbocycles. The van der Waals surface area contributed by atoms with Crippen LogP contribution in [0.25, 0.3) is 6.08 Å². The number of imide groups is 1. The Morgan fingerprint density at radius 3 is 2.55 bits per heavy atom. The van der Waals surface area contributed by atoms with E-state index in [0.717, 1.165) is 26.7 Å². The fraction of sp³-hybridized carbons (Fsp3) is 0.0435. The zero-order valence-corrected chi connectivity index (χ0v) is 19.0. The van der Waals surface area contributed by atoms with Gasteiger partial charge in [-0.25, -0.2) is 9.29 Å². The van der Waals surface area contributed by atoms with Crippen LogP contribution >= 0.6 is 39.3 Å². The number of hydrogen-bond donors (Lipinski definition) is 0. The van der Waals surface area contributed by atoms with Gasteiger partial charge in [0.15, 0.2) is 0 Å². The molecule has 0 atom stereocenters. The summed E-state index contributed by atoms with van der Waals surface area (Å²) in [7, 11) is 0. The number of thioether (sulfide) groups is 1. The van der Waals surface area contributed by atoms with Gasteiger partial charge in [0.2, 0.25) is 0 Å². The predicted molar refractivity (Wildman–Crippen MR) is 125 cm³/mol. The Bertz CT molecular complexity index is 1200. The van der Waals surface area contributed by atoms with Crippen LogP contribution in [0.15, 0.2) is 76.1 Å². The Kier molecular flexibility index (Phi) is 6.46.